The first-order valence-electron chi connectivity index (χ1n) is 7.80. The van der Waals surface area contributed by atoms with E-state index in [1.807, 2.05) is 0 Å². The van der Waals surface area contributed by atoms with Crippen LogP contribution in [-0.4, -0.2) is 40.7 Å². The summed E-state index contributed by atoms with van der Waals surface area (Å²) in [6.45, 7) is 3.33. The van der Waals surface area contributed by atoms with E-state index in [9.17, 15) is 13.2 Å². The Morgan fingerprint density at radius 1 is 1.30 bits per heavy atom. The van der Waals surface area contributed by atoms with Gasteiger partial charge in [-0.3, -0.25) is 0 Å². The van der Waals surface area contributed by atoms with Crippen molar-refractivity contribution in [1.29, 1.82) is 0 Å². The number of rotatable bonds is 8. The Bertz CT molecular complexity index is 863. The summed E-state index contributed by atoms with van der Waals surface area (Å²) in [6.07, 6.45) is -2.63. The second-order valence-corrected chi connectivity index (χ2v) is 7.46. The lowest BCUT2D eigenvalue weighted by atomic mass is 9.93. The average Bonchev–Trinajstić information content (AvgIpc) is 2.58. The summed E-state index contributed by atoms with van der Waals surface area (Å²) in [5.41, 5.74) is 8.29. The Morgan fingerprint density at radius 2 is 2.00 bits per heavy atom. The van der Waals surface area contributed by atoms with Crippen molar-refractivity contribution in [1.82, 2.24) is 9.97 Å². The van der Waals surface area contributed by atoms with Crippen LogP contribution in [0.2, 0.25) is 5.15 Å². The van der Waals surface area contributed by atoms with Crippen LogP contribution in [0.1, 0.15) is 19.4 Å². The van der Waals surface area contributed by atoms with Crippen molar-refractivity contribution in [2.45, 2.75) is 38.1 Å². The van der Waals surface area contributed by atoms with Crippen LogP contribution in [0.5, 0.6) is 5.88 Å². The zero-order valence-electron chi connectivity index (χ0n) is 14.7. The number of aromatic nitrogens is 2. The summed E-state index contributed by atoms with van der Waals surface area (Å²) in [7, 11) is 0. The number of pyridine rings is 2. The number of hydrogen-bond donors (Lipinski definition) is 0. The fraction of sp³-hybridized carbons (Fsp3) is 0.500. The molecule has 27 heavy (non-hydrogen) atoms. The number of thioether (sulfide) groups is 1. The molecule has 0 radical (unpaired) electrons. The molecule has 11 heteroatoms. The molecule has 0 amide bonds. The van der Waals surface area contributed by atoms with Gasteiger partial charge in [-0.1, -0.05) is 30.6 Å². The van der Waals surface area contributed by atoms with Crippen LogP contribution in [0.15, 0.2) is 23.6 Å². The molecule has 0 saturated carbocycles. The average molecular weight is 420 g/mol. The molecule has 146 valence electrons. The van der Waals surface area contributed by atoms with E-state index in [1.54, 1.807) is 20.1 Å². The molecule has 6 nitrogen and oxygen atoms in total. The molecule has 0 fully saturated rings. The fourth-order valence-electron chi connectivity index (χ4n) is 2.50. The summed E-state index contributed by atoms with van der Waals surface area (Å²) in [5.74, 6) is -0.331. The van der Waals surface area contributed by atoms with E-state index in [1.165, 1.54) is 18.5 Å². The monoisotopic (exact) mass is 419 g/mol. The van der Waals surface area contributed by atoms with Gasteiger partial charge in [-0.05, 0) is 28.8 Å². The van der Waals surface area contributed by atoms with Crippen LogP contribution >= 0.6 is 23.4 Å². The van der Waals surface area contributed by atoms with Crippen molar-refractivity contribution < 1.29 is 17.9 Å². The molecule has 0 aliphatic heterocycles. The molecule has 2 rings (SSSR count). The SMILES string of the molecule is CSCC(F)C(Oc1ncc(C(C)(C)N=[N+]=[N-])c2cc(Cl)ncc12)C(F)F. The molecule has 2 atom stereocenters. The van der Waals surface area contributed by atoms with Gasteiger partial charge < -0.3 is 4.74 Å². The number of hydrogen-bond acceptors (Lipinski definition) is 5. The Balaban J connectivity index is 2.58. The zero-order valence-corrected chi connectivity index (χ0v) is 16.3. The summed E-state index contributed by atoms with van der Waals surface area (Å²) >= 11 is 7.06. The summed E-state index contributed by atoms with van der Waals surface area (Å²) in [6, 6.07) is 1.49. The van der Waals surface area contributed by atoms with Gasteiger partial charge in [0, 0.05) is 23.1 Å². The van der Waals surface area contributed by atoms with Gasteiger partial charge in [0.2, 0.25) is 5.88 Å². The van der Waals surface area contributed by atoms with Crippen molar-refractivity contribution in [3.63, 3.8) is 0 Å². The quantitative estimate of drug-likeness (QED) is 0.243. The third kappa shape index (κ3) is 4.88. The molecule has 2 heterocycles. The van der Waals surface area contributed by atoms with Crippen LogP contribution in [0.3, 0.4) is 0 Å². The maximum absolute atomic E-state index is 14.1. The maximum Gasteiger partial charge on any atom is 0.277 e. The highest BCUT2D eigenvalue weighted by Crippen LogP contribution is 2.36. The molecule has 2 aromatic heterocycles. The van der Waals surface area contributed by atoms with Crippen molar-refractivity contribution in [3.8, 4) is 5.88 Å². The van der Waals surface area contributed by atoms with Gasteiger partial charge in [-0.2, -0.15) is 11.8 Å². The summed E-state index contributed by atoms with van der Waals surface area (Å²) in [5, 5.41) is 4.61. The predicted octanol–water partition coefficient (Wildman–Crippen LogP) is 5.54. The molecule has 0 bridgehead atoms. The topological polar surface area (TPSA) is 83.8 Å². The molecular weight excluding hydrogens is 403 g/mol. The number of alkyl halides is 3. The van der Waals surface area contributed by atoms with Gasteiger partial charge >= 0.3 is 0 Å². The molecule has 0 N–H and O–H groups in total. The van der Waals surface area contributed by atoms with Crippen LogP contribution in [-0.2, 0) is 5.54 Å². The van der Waals surface area contributed by atoms with Crippen LogP contribution in [0.25, 0.3) is 21.2 Å². The second-order valence-electron chi connectivity index (χ2n) is 6.17. The van der Waals surface area contributed by atoms with Gasteiger partial charge in [0.1, 0.15) is 5.15 Å². The molecule has 0 aromatic carbocycles. The van der Waals surface area contributed by atoms with Gasteiger partial charge in [-0.25, -0.2) is 23.1 Å². The fourth-order valence-corrected chi connectivity index (χ4v) is 3.16. The summed E-state index contributed by atoms with van der Waals surface area (Å²) in [4.78, 5) is 10.8. The Morgan fingerprint density at radius 3 is 2.59 bits per heavy atom. The molecule has 2 aromatic rings. The second kappa shape index (κ2) is 8.86. The Labute approximate surface area is 163 Å². The van der Waals surface area contributed by atoms with E-state index < -0.39 is 24.2 Å². The van der Waals surface area contributed by atoms with E-state index in [0.717, 1.165) is 11.8 Å². The lowest BCUT2D eigenvalue weighted by Crippen LogP contribution is -2.37. The molecule has 0 spiro atoms. The number of fused-ring (bicyclic) bond motifs is 1. The number of azide groups is 1. The standard InChI is InChI=1S/C16H17ClF3N5OS/c1-16(2,24-25-21)10-6-23-15(9-5-22-12(17)4-8(9)10)26-13(14(19)20)11(18)7-27-3/h4-6,11,13-14H,7H2,1-3H3. The van der Waals surface area contributed by atoms with Crippen molar-refractivity contribution in [2.24, 2.45) is 5.11 Å². The predicted molar refractivity (Wildman–Crippen MR) is 100 cm³/mol. The highest BCUT2D eigenvalue weighted by Gasteiger charge is 2.33. The molecule has 0 aliphatic carbocycles. The van der Waals surface area contributed by atoms with E-state index in [2.05, 4.69) is 20.0 Å². The number of nitrogens with zero attached hydrogens (tertiary/aromatic N) is 5. The lowest BCUT2D eigenvalue weighted by molar-refractivity contribution is -0.0274. The summed E-state index contributed by atoms with van der Waals surface area (Å²) < 4.78 is 45.9. The normalized spacial score (nSPS) is 14.1. The molecular formula is C16H17ClF3N5OS. The third-order valence-corrected chi connectivity index (χ3v) is 4.69. The van der Waals surface area contributed by atoms with E-state index in [4.69, 9.17) is 21.9 Å². The lowest BCUT2D eigenvalue weighted by Gasteiger charge is -2.24. The first-order chi connectivity index (χ1) is 12.7. The number of halogens is 4. The first-order valence-corrected chi connectivity index (χ1v) is 9.57. The van der Waals surface area contributed by atoms with Crippen LogP contribution in [0, 0.1) is 0 Å². The largest absolute Gasteiger partial charge is 0.465 e. The Kier molecular flexibility index (Phi) is 7.02. The smallest absolute Gasteiger partial charge is 0.277 e. The van der Waals surface area contributed by atoms with Gasteiger partial charge in [-0.15, -0.1) is 0 Å². The minimum atomic E-state index is -3.04. The zero-order chi connectivity index (χ0) is 20.2. The van der Waals surface area contributed by atoms with E-state index >= 15 is 0 Å². The van der Waals surface area contributed by atoms with Crippen LogP contribution < -0.4 is 4.74 Å². The van der Waals surface area contributed by atoms with E-state index in [-0.39, 0.29) is 22.2 Å². The minimum Gasteiger partial charge on any atom is -0.465 e. The molecule has 2 unspecified atom stereocenters. The number of ether oxygens (including phenoxy) is 1. The molecule has 0 aliphatic rings. The molecule has 0 saturated heterocycles. The van der Waals surface area contributed by atoms with Gasteiger partial charge in [0.15, 0.2) is 12.3 Å². The van der Waals surface area contributed by atoms with Gasteiger partial charge in [0.25, 0.3) is 6.43 Å². The van der Waals surface area contributed by atoms with Crippen molar-refractivity contribution in [3.05, 3.63) is 39.6 Å². The Hall–Kier alpha value is -1.90. The highest BCUT2D eigenvalue weighted by molar-refractivity contribution is 7.98. The van der Waals surface area contributed by atoms with Gasteiger partial charge in [0.05, 0.1) is 10.9 Å². The van der Waals surface area contributed by atoms with E-state index in [0.29, 0.717) is 10.9 Å². The third-order valence-electron chi connectivity index (χ3n) is 3.83. The minimum absolute atomic E-state index is 0.140. The van der Waals surface area contributed by atoms with Crippen molar-refractivity contribution in [2.75, 3.05) is 12.0 Å². The first kappa shape index (κ1) is 21.4. The highest BCUT2D eigenvalue weighted by atomic mass is 35.5. The van der Waals surface area contributed by atoms with Crippen LogP contribution in [0.4, 0.5) is 13.2 Å². The maximum atomic E-state index is 14.1. The van der Waals surface area contributed by atoms with Crippen molar-refractivity contribution >= 4 is 34.1 Å².